The van der Waals surface area contributed by atoms with Gasteiger partial charge in [-0.2, -0.15) is 4.57 Å². The van der Waals surface area contributed by atoms with E-state index < -0.39 is 11.0 Å². The number of aromatic nitrogens is 1. The van der Waals surface area contributed by atoms with Gasteiger partial charge in [0.05, 0.1) is 11.5 Å². The average molecular weight is 405 g/mol. The van der Waals surface area contributed by atoms with Crippen LogP contribution in [0, 0.1) is 17.0 Å². The first kappa shape index (κ1) is 20.3. The van der Waals surface area contributed by atoms with Gasteiger partial charge in [-0.1, -0.05) is 42.5 Å². The average Bonchev–Trinajstić information content (AvgIpc) is 2.73. The van der Waals surface area contributed by atoms with Crippen molar-refractivity contribution in [1.82, 2.24) is 0 Å². The molecule has 0 aliphatic carbocycles. The number of non-ortho nitro benzene ring substituents is 1. The molecule has 0 aliphatic rings. The molecule has 0 spiro atoms. The maximum Gasteiger partial charge on any atom is 0.270 e. The molecule has 0 saturated carbocycles. The lowest BCUT2D eigenvalue weighted by Crippen LogP contribution is -2.47. The highest BCUT2D eigenvalue weighted by Gasteiger charge is 2.29. The topological polar surface area (TPSA) is 76.5 Å². The maximum absolute atomic E-state index is 13.3. The number of aliphatic imine (C=N–C) groups is 1. The summed E-state index contributed by atoms with van der Waals surface area (Å²) in [6, 6.07) is 18.1. The van der Waals surface area contributed by atoms with Crippen LogP contribution < -0.4 is 4.57 Å². The summed E-state index contributed by atoms with van der Waals surface area (Å²) in [5.74, 6) is -0.342. The van der Waals surface area contributed by atoms with E-state index in [0.29, 0.717) is 6.54 Å². The second-order valence-corrected chi connectivity index (χ2v) is 6.96. The van der Waals surface area contributed by atoms with Crippen LogP contribution in [0.1, 0.15) is 27.5 Å². The summed E-state index contributed by atoms with van der Waals surface area (Å²) in [4.78, 5) is 28.3. The molecule has 0 bridgehead atoms. The number of nitro benzene ring substituents is 1. The Morgan fingerprint density at radius 3 is 2.59 bits per heavy atom. The van der Waals surface area contributed by atoms with E-state index >= 15 is 0 Å². The summed E-state index contributed by atoms with van der Waals surface area (Å²) in [5, 5.41) is 11.3. The molecule has 0 radical (unpaired) electrons. The molecule has 146 valence electrons. The number of rotatable bonds is 7. The van der Waals surface area contributed by atoms with Crippen LogP contribution in [0.2, 0.25) is 0 Å². The monoisotopic (exact) mass is 405 g/mol. The SMILES string of the molecule is Cc1ccc[n+]([C@H](C(=O)c2cccc([N+](=O)[O-])c2)C([S-])=NCc2ccccc2)c1. The molecule has 0 saturated heterocycles. The lowest BCUT2D eigenvalue weighted by molar-refractivity contribution is -0.692. The number of nitro groups is 1. The van der Waals surface area contributed by atoms with Gasteiger partial charge in [-0.25, -0.2) is 0 Å². The third kappa shape index (κ3) is 5.08. The highest BCUT2D eigenvalue weighted by molar-refractivity contribution is 7.77. The van der Waals surface area contributed by atoms with Gasteiger partial charge in [0.25, 0.3) is 5.69 Å². The third-order valence-electron chi connectivity index (χ3n) is 4.35. The number of hydrogen-bond donors (Lipinski definition) is 0. The fraction of sp³-hybridized carbons (Fsp3) is 0.136. The molecule has 7 heteroatoms. The molecule has 29 heavy (non-hydrogen) atoms. The van der Waals surface area contributed by atoms with Gasteiger partial charge in [-0.15, -0.1) is 0 Å². The molecule has 0 N–H and O–H groups in total. The predicted octanol–water partition coefficient (Wildman–Crippen LogP) is 3.76. The summed E-state index contributed by atoms with van der Waals surface area (Å²) in [5.41, 5.74) is 2.01. The highest BCUT2D eigenvalue weighted by atomic mass is 32.1. The molecule has 1 aromatic heterocycles. The lowest BCUT2D eigenvalue weighted by Gasteiger charge is -2.19. The van der Waals surface area contributed by atoms with Crippen molar-refractivity contribution >= 4 is 29.1 Å². The first-order valence-corrected chi connectivity index (χ1v) is 9.38. The zero-order valence-corrected chi connectivity index (χ0v) is 16.6. The zero-order chi connectivity index (χ0) is 20.8. The summed E-state index contributed by atoms with van der Waals surface area (Å²) in [7, 11) is 0. The van der Waals surface area contributed by atoms with Crippen molar-refractivity contribution in [2.45, 2.75) is 19.5 Å². The molecular weight excluding hydrogens is 386 g/mol. The normalized spacial score (nSPS) is 12.4. The second kappa shape index (κ2) is 9.16. The summed E-state index contributed by atoms with van der Waals surface area (Å²) < 4.78 is 1.70. The molecule has 6 nitrogen and oxygen atoms in total. The number of benzene rings is 2. The fourth-order valence-electron chi connectivity index (χ4n) is 2.92. The Morgan fingerprint density at radius 1 is 1.14 bits per heavy atom. The Hall–Kier alpha value is -3.45. The maximum atomic E-state index is 13.3. The van der Waals surface area contributed by atoms with Crippen molar-refractivity contribution in [3.8, 4) is 0 Å². The molecule has 0 unspecified atom stereocenters. The van der Waals surface area contributed by atoms with Crippen LogP contribution in [0.15, 0.2) is 84.1 Å². The standard InChI is InChI=1S/C22H19N3O3S/c1-16-7-6-12-24(15-16)20(22(29)23-14-17-8-3-2-4-9-17)21(26)18-10-5-11-19(13-18)25(27)28/h2-13,15,20H,14H2,1H3/t20-/m1/s1. The summed E-state index contributed by atoms with van der Waals surface area (Å²) >= 11 is 5.52. The number of aryl methyl sites for hydroxylation is 1. The van der Waals surface area contributed by atoms with Gasteiger partial charge < -0.3 is 17.6 Å². The van der Waals surface area contributed by atoms with E-state index in [1.165, 1.54) is 18.2 Å². The number of ketones is 1. The summed E-state index contributed by atoms with van der Waals surface area (Å²) in [6.07, 6.45) is 3.56. The number of carbonyl (C=O) groups is 1. The molecule has 0 amide bonds. The van der Waals surface area contributed by atoms with Gasteiger partial charge in [0.15, 0.2) is 12.4 Å². The number of hydrogen-bond acceptors (Lipinski definition) is 5. The van der Waals surface area contributed by atoms with Crippen molar-refractivity contribution in [1.29, 1.82) is 0 Å². The molecule has 1 heterocycles. The molecule has 2 aromatic carbocycles. The molecule has 3 aromatic rings. The van der Waals surface area contributed by atoms with Crippen LogP contribution in [0.5, 0.6) is 0 Å². The van der Waals surface area contributed by atoms with E-state index in [-0.39, 0.29) is 22.1 Å². The Labute approximate surface area is 174 Å². The van der Waals surface area contributed by atoms with E-state index in [9.17, 15) is 14.9 Å². The number of Topliss-reactive ketones (excluding diaryl/α,β-unsaturated/α-hetero) is 1. The van der Waals surface area contributed by atoms with Crippen LogP contribution in [-0.4, -0.2) is 15.8 Å². The fourth-order valence-corrected chi connectivity index (χ4v) is 3.21. The zero-order valence-electron chi connectivity index (χ0n) is 15.8. The van der Waals surface area contributed by atoms with Crippen molar-refractivity contribution in [3.63, 3.8) is 0 Å². The quantitative estimate of drug-likeness (QED) is 0.114. The number of nitrogens with zero attached hydrogens (tertiary/aromatic N) is 3. The van der Waals surface area contributed by atoms with Gasteiger partial charge in [0.1, 0.15) is 0 Å². The van der Waals surface area contributed by atoms with Gasteiger partial charge in [-0.05, 0) is 23.6 Å². The van der Waals surface area contributed by atoms with Crippen molar-refractivity contribution in [2.24, 2.45) is 4.99 Å². The van der Waals surface area contributed by atoms with Crippen LogP contribution in [0.3, 0.4) is 0 Å². The second-order valence-electron chi connectivity index (χ2n) is 6.54. The van der Waals surface area contributed by atoms with Crippen LogP contribution in [0.4, 0.5) is 5.69 Å². The molecule has 3 rings (SSSR count). The van der Waals surface area contributed by atoms with E-state index in [1.807, 2.05) is 55.6 Å². The first-order valence-electron chi connectivity index (χ1n) is 8.97. The first-order chi connectivity index (χ1) is 14.0. The van der Waals surface area contributed by atoms with Crippen LogP contribution in [0.25, 0.3) is 0 Å². The summed E-state index contributed by atoms with van der Waals surface area (Å²) in [6.45, 7) is 2.26. The largest absolute Gasteiger partial charge is 0.758 e. The Bertz CT molecular complexity index is 1070. The Morgan fingerprint density at radius 2 is 1.90 bits per heavy atom. The Kier molecular flexibility index (Phi) is 6.41. The molecule has 1 atom stereocenters. The third-order valence-corrected chi connectivity index (χ3v) is 4.70. The van der Waals surface area contributed by atoms with E-state index in [1.54, 1.807) is 16.8 Å². The number of carbonyl (C=O) groups excluding carboxylic acids is 1. The molecule has 0 aliphatic heterocycles. The lowest BCUT2D eigenvalue weighted by atomic mass is 10.0. The van der Waals surface area contributed by atoms with Crippen molar-refractivity contribution < 1.29 is 14.3 Å². The van der Waals surface area contributed by atoms with Gasteiger partial charge in [-0.3, -0.25) is 14.9 Å². The van der Waals surface area contributed by atoms with Crippen molar-refractivity contribution in [2.75, 3.05) is 0 Å². The van der Waals surface area contributed by atoms with Crippen LogP contribution >= 0.6 is 0 Å². The smallest absolute Gasteiger partial charge is 0.270 e. The molecular formula is C22H19N3O3S. The molecule has 0 fully saturated rings. The van der Waals surface area contributed by atoms with E-state index in [2.05, 4.69) is 4.99 Å². The minimum absolute atomic E-state index is 0.143. The van der Waals surface area contributed by atoms with E-state index in [4.69, 9.17) is 12.6 Å². The predicted molar refractivity (Wildman–Crippen MR) is 113 cm³/mol. The Balaban J connectivity index is 2.00. The van der Waals surface area contributed by atoms with E-state index in [0.717, 1.165) is 11.1 Å². The number of pyridine rings is 1. The highest BCUT2D eigenvalue weighted by Crippen LogP contribution is 2.18. The van der Waals surface area contributed by atoms with Gasteiger partial charge >= 0.3 is 0 Å². The van der Waals surface area contributed by atoms with Crippen LogP contribution in [-0.2, 0) is 19.2 Å². The van der Waals surface area contributed by atoms with Gasteiger partial charge in [0.2, 0.25) is 11.8 Å². The minimum atomic E-state index is -0.865. The minimum Gasteiger partial charge on any atom is -0.758 e. The van der Waals surface area contributed by atoms with Crippen molar-refractivity contribution in [3.05, 3.63) is 106 Å². The van der Waals surface area contributed by atoms with Gasteiger partial charge in [0, 0.05) is 29.3 Å².